The molecule has 3 rings (SSSR count). The molecule has 0 spiro atoms. The smallest absolute Gasteiger partial charge is 0.259 e. The molecule has 6 nitrogen and oxygen atoms in total. The van der Waals surface area contributed by atoms with Gasteiger partial charge >= 0.3 is 0 Å². The lowest BCUT2D eigenvalue weighted by Crippen LogP contribution is -2.13. The summed E-state index contributed by atoms with van der Waals surface area (Å²) in [4.78, 5) is 23.5. The number of hydrogen-bond donors (Lipinski definition) is 2. The SMILES string of the molecule is CC(=O)Nc1ccc(NC(=O)c2cnn(-c3ccc(F)cc3)c2C)cc1. The first-order valence-corrected chi connectivity index (χ1v) is 7.93. The van der Waals surface area contributed by atoms with Crippen molar-refractivity contribution in [3.05, 3.63) is 71.8 Å². The maximum Gasteiger partial charge on any atom is 0.259 e. The van der Waals surface area contributed by atoms with Gasteiger partial charge in [-0.05, 0) is 55.5 Å². The average molecular weight is 352 g/mol. The molecule has 1 aromatic heterocycles. The zero-order valence-corrected chi connectivity index (χ0v) is 14.3. The first-order chi connectivity index (χ1) is 12.4. The van der Waals surface area contributed by atoms with Gasteiger partial charge in [-0.25, -0.2) is 9.07 Å². The molecule has 0 atom stereocenters. The highest BCUT2D eigenvalue weighted by Crippen LogP contribution is 2.18. The van der Waals surface area contributed by atoms with Gasteiger partial charge < -0.3 is 10.6 Å². The number of nitrogens with zero attached hydrogens (tertiary/aromatic N) is 2. The second-order valence-corrected chi connectivity index (χ2v) is 5.74. The van der Waals surface area contributed by atoms with Gasteiger partial charge in [-0.2, -0.15) is 5.10 Å². The van der Waals surface area contributed by atoms with E-state index in [1.165, 1.54) is 25.3 Å². The molecule has 0 radical (unpaired) electrons. The Labute approximate surface area is 149 Å². The zero-order chi connectivity index (χ0) is 18.7. The summed E-state index contributed by atoms with van der Waals surface area (Å²) in [6.45, 7) is 3.20. The van der Waals surface area contributed by atoms with Crippen molar-refractivity contribution in [2.75, 3.05) is 10.6 Å². The molecule has 1 heterocycles. The molecule has 0 saturated carbocycles. The molecule has 0 fully saturated rings. The van der Waals surface area contributed by atoms with E-state index in [1.807, 2.05) is 0 Å². The topological polar surface area (TPSA) is 76.0 Å². The summed E-state index contributed by atoms with van der Waals surface area (Å²) < 4.78 is 14.6. The van der Waals surface area contributed by atoms with Gasteiger partial charge in [0.2, 0.25) is 5.91 Å². The number of amides is 2. The summed E-state index contributed by atoms with van der Waals surface area (Å²) >= 11 is 0. The second kappa shape index (κ2) is 7.18. The number of halogens is 1. The molecule has 0 saturated heterocycles. The Morgan fingerprint density at radius 1 is 0.962 bits per heavy atom. The number of carbonyl (C=O) groups excluding carboxylic acids is 2. The predicted molar refractivity (Wildman–Crippen MR) is 97.0 cm³/mol. The van der Waals surface area contributed by atoms with Crippen LogP contribution in [0, 0.1) is 12.7 Å². The first-order valence-electron chi connectivity index (χ1n) is 7.93. The van der Waals surface area contributed by atoms with Crippen molar-refractivity contribution in [1.29, 1.82) is 0 Å². The van der Waals surface area contributed by atoms with Crippen LogP contribution in [-0.2, 0) is 4.79 Å². The highest BCUT2D eigenvalue weighted by Gasteiger charge is 2.15. The van der Waals surface area contributed by atoms with E-state index in [2.05, 4.69) is 15.7 Å². The molecule has 0 unspecified atom stereocenters. The van der Waals surface area contributed by atoms with Crippen LogP contribution in [0.2, 0.25) is 0 Å². The minimum Gasteiger partial charge on any atom is -0.326 e. The van der Waals surface area contributed by atoms with Crippen molar-refractivity contribution in [1.82, 2.24) is 9.78 Å². The zero-order valence-electron chi connectivity index (χ0n) is 14.3. The van der Waals surface area contributed by atoms with E-state index in [0.717, 1.165) is 0 Å². The van der Waals surface area contributed by atoms with Gasteiger partial charge in [0.1, 0.15) is 5.82 Å². The van der Waals surface area contributed by atoms with Crippen molar-refractivity contribution >= 4 is 23.2 Å². The molecule has 3 aromatic rings. The quantitative estimate of drug-likeness (QED) is 0.754. The van der Waals surface area contributed by atoms with Crippen molar-refractivity contribution < 1.29 is 14.0 Å². The summed E-state index contributed by atoms with van der Waals surface area (Å²) in [6.07, 6.45) is 1.47. The number of hydrogen-bond acceptors (Lipinski definition) is 3. The van der Waals surface area contributed by atoms with E-state index in [9.17, 15) is 14.0 Å². The van der Waals surface area contributed by atoms with Gasteiger partial charge in [-0.15, -0.1) is 0 Å². The molecule has 0 bridgehead atoms. The Bertz CT molecular complexity index is 947. The molecule has 132 valence electrons. The van der Waals surface area contributed by atoms with Crippen LogP contribution in [-0.4, -0.2) is 21.6 Å². The van der Waals surface area contributed by atoms with Crippen LogP contribution in [0.5, 0.6) is 0 Å². The molecule has 0 aliphatic heterocycles. The average Bonchev–Trinajstić information content (AvgIpc) is 2.98. The lowest BCUT2D eigenvalue weighted by Gasteiger charge is -2.08. The van der Waals surface area contributed by atoms with E-state index >= 15 is 0 Å². The Morgan fingerprint density at radius 3 is 2.12 bits per heavy atom. The molecule has 0 aliphatic carbocycles. The van der Waals surface area contributed by atoms with Crippen molar-refractivity contribution in [2.45, 2.75) is 13.8 Å². The molecular weight excluding hydrogens is 335 g/mol. The van der Waals surface area contributed by atoms with E-state index < -0.39 is 0 Å². The Hall–Kier alpha value is -3.48. The first kappa shape index (κ1) is 17.3. The largest absolute Gasteiger partial charge is 0.326 e. The van der Waals surface area contributed by atoms with E-state index in [-0.39, 0.29) is 17.6 Å². The third kappa shape index (κ3) is 3.77. The third-order valence-electron chi connectivity index (χ3n) is 3.79. The lowest BCUT2D eigenvalue weighted by atomic mass is 10.2. The van der Waals surface area contributed by atoms with Crippen molar-refractivity contribution in [2.24, 2.45) is 0 Å². The third-order valence-corrected chi connectivity index (χ3v) is 3.79. The standard InChI is InChI=1S/C19H17FN4O2/c1-12-18(11-21-24(12)17-9-3-14(20)4-10-17)19(26)23-16-7-5-15(6-8-16)22-13(2)25/h3-11H,1-2H3,(H,22,25)(H,23,26). The number of anilines is 2. The number of nitrogens with one attached hydrogen (secondary N) is 2. The summed E-state index contributed by atoms with van der Waals surface area (Å²) in [5.74, 6) is -0.798. The van der Waals surface area contributed by atoms with Crippen molar-refractivity contribution in [3.63, 3.8) is 0 Å². The Balaban J connectivity index is 1.76. The molecule has 0 aliphatic rings. The number of carbonyl (C=O) groups is 2. The van der Waals surface area contributed by atoms with Crippen LogP contribution in [0.4, 0.5) is 15.8 Å². The summed E-state index contributed by atoms with van der Waals surface area (Å²) in [7, 11) is 0. The lowest BCUT2D eigenvalue weighted by molar-refractivity contribution is -0.114. The van der Waals surface area contributed by atoms with Crippen molar-refractivity contribution in [3.8, 4) is 5.69 Å². The van der Waals surface area contributed by atoms with Gasteiger partial charge in [-0.1, -0.05) is 0 Å². The van der Waals surface area contributed by atoms with Crippen LogP contribution >= 0.6 is 0 Å². The molecular formula is C19H17FN4O2. The Morgan fingerprint density at radius 2 is 1.54 bits per heavy atom. The van der Waals surface area contributed by atoms with Crippen LogP contribution in [0.15, 0.2) is 54.7 Å². The monoisotopic (exact) mass is 352 g/mol. The normalized spacial score (nSPS) is 10.4. The fourth-order valence-corrected chi connectivity index (χ4v) is 2.51. The maximum absolute atomic E-state index is 13.1. The molecule has 2 aromatic carbocycles. The second-order valence-electron chi connectivity index (χ2n) is 5.74. The summed E-state index contributed by atoms with van der Waals surface area (Å²) in [6, 6.07) is 12.7. The minimum atomic E-state index is -0.334. The minimum absolute atomic E-state index is 0.161. The molecule has 2 amide bonds. The Kier molecular flexibility index (Phi) is 4.79. The predicted octanol–water partition coefficient (Wildman–Crippen LogP) is 3.53. The fraction of sp³-hybridized carbons (Fsp3) is 0.105. The van der Waals surface area contributed by atoms with Gasteiger partial charge in [0.05, 0.1) is 23.1 Å². The van der Waals surface area contributed by atoms with Crippen LogP contribution < -0.4 is 10.6 Å². The van der Waals surface area contributed by atoms with E-state index in [4.69, 9.17) is 0 Å². The van der Waals surface area contributed by atoms with Gasteiger partial charge in [0, 0.05) is 18.3 Å². The molecule has 7 heteroatoms. The summed E-state index contributed by atoms with van der Waals surface area (Å²) in [5, 5.41) is 9.66. The highest BCUT2D eigenvalue weighted by molar-refractivity contribution is 6.05. The highest BCUT2D eigenvalue weighted by atomic mass is 19.1. The van der Waals surface area contributed by atoms with Crippen LogP contribution in [0.3, 0.4) is 0 Å². The van der Waals surface area contributed by atoms with Gasteiger partial charge in [0.15, 0.2) is 0 Å². The molecule has 2 N–H and O–H groups in total. The maximum atomic E-state index is 13.1. The van der Waals surface area contributed by atoms with Crippen LogP contribution in [0.25, 0.3) is 5.69 Å². The molecule has 26 heavy (non-hydrogen) atoms. The number of benzene rings is 2. The van der Waals surface area contributed by atoms with E-state index in [1.54, 1.807) is 48.0 Å². The summed E-state index contributed by atoms with van der Waals surface area (Å²) in [5.41, 5.74) is 2.97. The van der Waals surface area contributed by atoms with Crippen LogP contribution in [0.1, 0.15) is 23.0 Å². The van der Waals surface area contributed by atoms with Gasteiger partial charge in [0.25, 0.3) is 5.91 Å². The van der Waals surface area contributed by atoms with Gasteiger partial charge in [-0.3, -0.25) is 9.59 Å². The fourth-order valence-electron chi connectivity index (χ4n) is 2.51. The number of aromatic nitrogens is 2. The number of rotatable bonds is 4. The van der Waals surface area contributed by atoms with E-state index in [0.29, 0.717) is 28.3 Å².